The second kappa shape index (κ2) is 7.05. The Balaban J connectivity index is 1.80. The molecule has 1 aromatic carbocycles. The van der Waals surface area contributed by atoms with Gasteiger partial charge in [0.1, 0.15) is 0 Å². The van der Waals surface area contributed by atoms with Crippen LogP contribution in [-0.4, -0.2) is 4.98 Å². The van der Waals surface area contributed by atoms with Crippen molar-refractivity contribution < 1.29 is 0 Å². The SMILES string of the molecule is CC(C)Cc1ccc(CNCc2ccncc2)cc1. The van der Waals surface area contributed by atoms with Crippen LogP contribution in [0.15, 0.2) is 48.8 Å². The Bertz CT molecular complexity index is 474. The van der Waals surface area contributed by atoms with E-state index in [-0.39, 0.29) is 0 Å². The maximum Gasteiger partial charge on any atom is 0.0271 e. The molecular weight excluding hydrogens is 232 g/mol. The normalized spacial score (nSPS) is 10.9. The van der Waals surface area contributed by atoms with Crippen molar-refractivity contribution in [1.82, 2.24) is 10.3 Å². The van der Waals surface area contributed by atoms with E-state index in [1.54, 1.807) is 0 Å². The van der Waals surface area contributed by atoms with Crippen LogP contribution in [0.4, 0.5) is 0 Å². The second-order valence-corrected chi connectivity index (χ2v) is 5.37. The summed E-state index contributed by atoms with van der Waals surface area (Å²) in [6.07, 6.45) is 4.82. The first-order valence-corrected chi connectivity index (χ1v) is 6.91. The Morgan fingerprint density at radius 2 is 1.37 bits per heavy atom. The maximum atomic E-state index is 4.02. The smallest absolute Gasteiger partial charge is 0.0271 e. The van der Waals surface area contributed by atoms with Gasteiger partial charge in [-0.3, -0.25) is 4.98 Å². The molecule has 2 aromatic rings. The van der Waals surface area contributed by atoms with Crippen LogP contribution in [-0.2, 0) is 19.5 Å². The molecule has 0 unspecified atom stereocenters. The maximum absolute atomic E-state index is 4.02. The summed E-state index contributed by atoms with van der Waals surface area (Å²) in [5.74, 6) is 0.718. The Morgan fingerprint density at radius 1 is 0.842 bits per heavy atom. The highest BCUT2D eigenvalue weighted by Crippen LogP contribution is 2.09. The summed E-state index contributed by atoms with van der Waals surface area (Å²) in [6, 6.07) is 13.0. The second-order valence-electron chi connectivity index (χ2n) is 5.37. The number of benzene rings is 1. The van der Waals surface area contributed by atoms with Crippen molar-refractivity contribution in [3.8, 4) is 0 Å². The van der Waals surface area contributed by atoms with E-state index < -0.39 is 0 Å². The Labute approximate surface area is 115 Å². The molecule has 2 nitrogen and oxygen atoms in total. The van der Waals surface area contributed by atoms with Crippen molar-refractivity contribution in [3.05, 3.63) is 65.5 Å². The number of hydrogen-bond donors (Lipinski definition) is 1. The van der Waals surface area contributed by atoms with E-state index in [4.69, 9.17) is 0 Å². The number of nitrogens with zero attached hydrogens (tertiary/aromatic N) is 1. The van der Waals surface area contributed by atoms with Gasteiger partial charge in [0.05, 0.1) is 0 Å². The van der Waals surface area contributed by atoms with Gasteiger partial charge in [-0.1, -0.05) is 38.1 Å². The van der Waals surface area contributed by atoms with Gasteiger partial charge in [0, 0.05) is 25.5 Å². The van der Waals surface area contributed by atoms with Gasteiger partial charge in [-0.05, 0) is 41.2 Å². The average molecular weight is 254 g/mol. The topological polar surface area (TPSA) is 24.9 Å². The number of aromatic nitrogens is 1. The molecule has 0 spiro atoms. The summed E-state index contributed by atoms with van der Waals surface area (Å²) in [6.45, 7) is 6.30. The van der Waals surface area contributed by atoms with Gasteiger partial charge >= 0.3 is 0 Å². The molecule has 0 aliphatic rings. The predicted molar refractivity (Wildman–Crippen MR) is 79.8 cm³/mol. The van der Waals surface area contributed by atoms with Crippen molar-refractivity contribution in [3.63, 3.8) is 0 Å². The molecule has 0 aliphatic heterocycles. The first kappa shape index (κ1) is 13.8. The van der Waals surface area contributed by atoms with Gasteiger partial charge in [0.15, 0.2) is 0 Å². The first-order valence-electron chi connectivity index (χ1n) is 6.91. The minimum absolute atomic E-state index is 0.718. The molecule has 1 heterocycles. The molecule has 2 heteroatoms. The molecule has 0 aliphatic carbocycles. The van der Waals surface area contributed by atoms with E-state index in [0.29, 0.717) is 0 Å². The predicted octanol–water partition coefficient (Wildman–Crippen LogP) is 3.57. The third kappa shape index (κ3) is 4.84. The zero-order chi connectivity index (χ0) is 13.5. The molecule has 0 saturated heterocycles. The van der Waals surface area contributed by atoms with E-state index in [2.05, 4.69) is 48.4 Å². The summed E-state index contributed by atoms with van der Waals surface area (Å²) >= 11 is 0. The summed E-state index contributed by atoms with van der Waals surface area (Å²) in [4.78, 5) is 4.02. The van der Waals surface area contributed by atoms with Gasteiger partial charge in [0.2, 0.25) is 0 Å². The lowest BCUT2D eigenvalue weighted by Crippen LogP contribution is -2.12. The summed E-state index contributed by atoms with van der Waals surface area (Å²) in [7, 11) is 0. The van der Waals surface area contributed by atoms with Gasteiger partial charge in [-0.25, -0.2) is 0 Å². The third-order valence-corrected chi connectivity index (χ3v) is 3.07. The Kier molecular flexibility index (Phi) is 5.10. The monoisotopic (exact) mass is 254 g/mol. The molecule has 0 atom stereocenters. The minimum Gasteiger partial charge on any atom is -0.309 e. The highest BCUT2D eigenvalue weighted by Gasteiger charge is 1.98. The van der Waals surface area contributed by atoms with Crippen molar-refractivity contribution >= 4 is 0 Å². The van der Waals surface area contributed by atoms with Crippen molar-refractivity contribution in [2.45, 2.75) is 33.4 Å². The fourth-order valence-corrected chi connectivity index (χ4v) is 2.12. The minimum atomic E-state index is 0.718. The third-order valence-electron chi connectivity index (χ3n) is 3.07. The lowest BCUT2D eigenvalue weighted by molar-refractivity contribution is 0.646. The quantitative estimate of drug-likeness (QED) is 0.852. The molecule has 1 N–H and O–H groups in total. The molecule has 100 valence electrons. The molecule has 2 rings (SSSR count). The van der Waals surface area contributed by atoms with E-state index in [9.17, 15) is 0 Å². The van der Waals surface area contributed by atoms with Gasteiger partial charge in [-0.15, -0.1) is 0 Å². The van der Waals surface area contributed by atoms with E-state index in [0.717, 1.165) is 25.4 Å². The largest absolute Gasteiger partial charge is 0.309 e. The highest BCUT2D eigenvalue weighted by atomic mass is 14.8. The highest BCUT2D eigenvalue weighted by molar-refractivity contribution is 5.23. The number of rotatable bonds is 6. The summed E-state index contributed by atoms with van der Waals surface area (Å²) in [5.41, 5.74) is 4.03. The lowest BCUT2D eigenvalue weighted by atomic mass is 10.0. The lowest BCUT2D eigenvalue weighted by Gasteiger charge is -2.08. The van der Waals surface area contributed by atoms with Gasteiger partial charge < -0.3 is 5.32 Å². The Hall–Kier alpha value is -1.67. The van der Waals surface area contributed by atoms with Crippen LogP contribution < -0.4 is 5.32 Å². The van der Waals surface area contributed by atoms with E-state index in [1.807, 2.05) is 24.5 Å². The summed E-state index contributed by atoms with van der Waals surface area (Å²) < 4.78 is 0. The average Bonchev–Trinajstić information content (AvgIpc) is 2.41. The molecule has 0 radical (unpaired) electrons. The molecule has 0 fully saturated rings. The van der Waals surface area contributed by atoms with Crippen LogP contribution in [0.3, 0.4) is 0 Å². The molecule has 0 bridgehead atoms. The van der Waals surface area contributed by atoms with Gasteiger partial charge in [0.25, 0.3) is 0 Å². The zero-order valence-electron chi connectivity index (χ0n) is 11.8. The van der Waals surface area contributed by atoms with E-state index in [1.165, 1.54) is 16.7 Å². The fourth-order valence-electron chi connectivity index (χ4n) is 2.12. The molecule has 0 amide bonds. The van der Waals surface area contributed by atoms with Crippen LogP contribution in [0, 0.1) is 5.92 Å². The van der Waals surface area contributed by atoms with Crippen LogP contribution >= 0.6 is 0 Å². The van der Waals surface area contributed by atoms with Crippen LogP contribution in [0.25, 0.3) is 0 Å². The van der Waals surface area contributed by atoms with Crippen LogP contribution in [0.5, 0.6) is 0 Å². The fraction of sp³-hybridized carbons (Fsp3) is 0.353. The van der Waals surface area contributed by atoms with E-state index >= 15 is 0 Å². The van der Waals surface area contributed by atoms with Crippen LogP contribution in [0.2, 0.25) is 0 Å². The standard InChI is InChI=1S/C17H22N2/c1-14(2)11-15-3-5-16(6-4-15)12-19-13-17-7-9-18-10-8-17/h3-10,14,19H,11-13H2,1-2H3. The number of pyridine rings is 1. The molecule has 1 aromatic heterocycles. The summed E-state index contributed by atoms with van der Waals surface area (Å²) in [5, 5.41) is 3.45. The Morgan fingerprint density at radius 3 is 1.95 bits per heavy atom. The number of hydrogen-bond acceptors (Lipinski definition) is 2. The van der Waals surface area contributed by atoms with Crippen molar-refractivity contribution in [2.75, 3.05) is 0 Å². The zero-order valence-corrected chi connectivity index (χ0v) is 11.8. The van der Waals surface area contributed by atoms with Crippen LogP contribution in [0.1, 0.15) is 30.5 Å². The first-order chi connectivity index (χ1) is 9.24. The van der Waals surface area contributed by atoms with Crippen molar-refractivity contribution in [2.24, 2.45) is 5.92 Å². The molecule has 19 heavy (non-hydrogen) atoms. The number of nitrogens with one attached hydrogen (secondary N) is 1. The van der Waals surface area contributed by atoms with Crippen molar-refractivity contribution in [1.29, 1.82) is 0 Å². The molecule has 0 saturated carbocycles. The molecular formula is C17H22N2. The van der Waals surface area contributed by atoms with Gasteiger partial charge in [-0.2, -0.15) is 0 Å².